The number of thiocarbonyl (C=S) groups is 1. The molecule has 3 aliphatic rings. The number of ether oxygens (including phenoxy) is 1. The van der Waals surface area contributed by atoms with Crippen LogP contribution >= 0.6 is 28.1 Å². The molecule has 164 valence electrons. The third-order valence-corrected chi connectivity index (χ3v) is 7.69. The van der Waals surface area contributed by atoms with Gasteiger partial charge in [0, 0.05) is 41.1 Å². The Morgan fingerprint density at radius 1 is 1.09 bits per heavy atom. The minimum absolute atomic E-state index is 0.106. The lowest BCUT2D eigenvalue weighted by atomic mass is 9.65. The van der Waals surface area contributed by atoms with Crippen LogP contribution in [0.2, 0.25) is 0 Å². The summed E-state index contributed by atoms with van der Waals surface area (Å²) in [6.07, 6.45) is 0. The average Bonchev–Trinajstić information content (AvgIpc) is 3.26. The third-order valence-electron chi connectivity index (χ3n) is 6.78. The Kier molecular flexibility index (Phi) is 4.52. The summed E-state index contributed by atoms with van der Waals surface area (Å²) in [5, 5.41) is 3.18. The molecule has 0 saturated carbocycles. The van der Waals surface area contributed by atoms with Crippen molar-refractivity contribution in [1.82, 2.24) is 5.32 Å². The number of carbonyl (C=O) groups excluding carboxylic acids is 3. The molecule has 0 aromatic heterocycles. The van der Waals surface area contributed by atoms with Crippen LogP contribution in [0.3, 0.4) is 0 Å². The maximum absolute atomic E-state index is 13.9. The fourth-order valence-corrected chi connectivity index (χ4v) is 6.31. The number of anilines is 2. The maximum Gasteiger partial charge on any atom is 0.314 e. The summed E-state index contributed by atoms with van der Waals surface area (Å²) in [7, 11) is 3.30. The van der Waals surface area contributed by atoms with Gasteiger partial charge in [-0.2, -0.15) is 0 Å². The number of rotatable bonds is 2. The van der Waals surface area contributed by atoms with Crippen molar-refractivity contribution in [2.24, 2.45) is 5.92 Å². The second-order valence-electron chi connectivity index (χ2n) is 8.16. The van der Waals surface area contributed by atoms with E-state index in [2.05, 4.69) is 21.2 Å². The normalized spacial score (nSPS) is 27.9. The van der Waals surface area contributed by atoms with Gasteiger partial charge in [-0.25, -0.2) is 0 Å². The van der Waals surface area contributed by atoms with Crippen molar-refractivity contribution in [1.29, 1.82) is 0 Å². The molecule has 0 radical (unpaired) electrons. The van der Waals surface area contributed by atoms with Gasteiger partial charge in [-0.3, -0.25) is 14.4 Å². The predicted octanol–water partition coefficient (Wildman–Crippen LogP) is 2.65. The zero-order valence-electron chi connectivity index (χ0n) is 17.6. The number of nitrogens with zero attached hydrogens (tertiary/aromatic N) is 2. The molecule has 5 rings (SSSR count). The molecule has 3 atom stereocenters. The lowest BCUT2D eigenvalue weighted by molar-refractivity contribution is -0.156. The molecule has 1 saturated heterocycles. The highest BCUT2D eigenvalue weighted by Crippen LogP contribution is 2.60. The van der Waals surface area contributed by atoms with Crippen LogP contribution in [0.25, 0.3) is 0 Å². The number of hydrogen-bond donors (Lipinski definition) is 1. The van der Waals surface area contributed by atoms with Gasteiger partial charge in [0.1, 0.15) is 11.3 Å². The molecule has 7 nitrogen and oxygen atoms in total. The molecule has 9 heteroatoms. The zero-order valence-corrected chi connectivity index (χ0v) is 20.0. The van der Waals surface area contributed by atoms with Crippen LogP contribution in [-0.2, 0) is 30.1 Å². The first kappa shape index (κ1) is 21.1. The van der Waals surface area contributed by atoms with Crippen LogP contribution in [0.4, 0.5) is 11.4 Å². The van der Waals surface area contributed by atoms with Gasteiger partial charge in [-0.1, -0.05) is 46.3 Å². The Morgan fingerprint density at radius 2 is 1.75 bits per heavy atom. The highest BCUT2D eigenvalue weighted by molar-refractivity contribution is 9.10. The smallest absolute Gasteiger partial charge is 0.314 e. The van der Waals surface area contributed by atoms with E-state index in [9.17, 15) is 14.4 Å². The first-order valence-electron chi connectivity index (χ1n) is 10.2. The van der Waals surface area contributed by atoms with E-state index in [1.165, 1.54) is 9.80 Å². The lowest BCUT2D eigenvalue weighted by Gasteiger charge is -2.34. The monoisotopic (exact) mass is 513 g/mol. The molecule has 3 aliphatic heterocycles. The largest absolute Gasteiger partial charge is 0.466 e. The fourth-order valence-electron chi connectivity index (χ4n) is 5.48. The Bertz CT molecular complexity index is 1230. The summed E-state index contributed by atoms with van der Waals surface area (Å²) in [5.41, 5.74) is -0.637. The van der Waals surface area contributed by atoms with Gasteiger partial charge < -0.3 is 19.9 Å². The number of para-hydroxylation sites is 1. The lowest BCUT2D eigenvalue weighted by Crippen LogP contribution is -2.56. The Morgan fingerprint density at radius 3 is 2.47 bits per heavy atom. The molecule has 0 bridgehead atoms. The summed E-state index contributed by atoms with van der Waals surface area (Å²) in [6, 6.07) is 12.7. The molecule has 2 amide bonds. The van der Waals surface area contributed by atoms with E-state index in [4.69, 9.17) is 17.0 Å². The van der Waals surface area contributed by atoms with Crippen molar-refractivity contribution in [2.45, 2.75) is 17.9 Å². The molecular weight excluding hydrogens is 494 g/mol. The Labute approximate surface area is 198 Å². The van der Waals surface area contributed by atoms with Crippen LogP contribution in [0.1, 0.15) is 18.1 Å². The minimum Gasteiger partial charge on any atom is -0.466 e. The van der Waals surface area contributed by atoms with Crippen molar-refractivity contribution < 1.29 is 19.1 Å². The summed E-state index contributed by atoms with van der Waals surface area (Å²) in [6.45, 7) is 1.80. The van der Waals surface area contributed by atoms with Crippen LogP contribution in [-0.4, -0.2) is 43.5 Å². The van der Waals surface area contributed by atoms with E-state index in [0.717, 1.165) is 4.47 Å². The predicted molar refractivity (Wildman–Crippen MR) is 127 cm³/mol. The quantitative estimate of drug-likeness (QED) is 0.491. The van der Waals surface area contributed by atoms with Gasteiger partial charge in [-0.05, 0) is 31.2 Å². The van der Waals surface area contributed by atoms with E-state index < -0.39 is 22.8 Å². The van der Waals surface area contributed by atoms with Gasteiger partial charge >= 0.3 is 5.97 Å². The highest BCUT2D eigenvalue weighted by atomic mass is 79.9. The average molecular weight is 514 g/mol. The second kappa shape index (κ2) is 6.86. The molecule has 3 heterocycles. The number of hydrogen-bond acceptors (Lipinski definition) is 5. The maximum atomic E-state index is 13.9. The Hall–Kier alpha value is -2.78. The topological polar surface area (TPSA) is 79.0 Å². The number of esters is 1. The first-order valence-corrected chi connectivity index (χ1v) is 11.4. The molecule has 0 unspecified atom stereocenters. The second-order valence-corrected chi connectivity index (χ2v) is 9.49. The van der Waals surface area contributed by atoms with Gasteiger partial charge in [0.2, 0.25) is 5.91 Å². The summed E-state index contributed by atoms with van der Waals surface area (Å²) < 4.78 is 6.22. The summed E-state index contributed by atoms with van der Waals surface area (Å²) in [4.78, 5) is 44.5. The van der Waals surface area contributed by atoms with Crippen LogP contribution in [0, 0.1) is 5.92 Å². The number of nitrogens with one attached hydrogen (secondary N) is 1. The first-order chi connectivity index (χ1) is 15.2. The van der Waals surface area contributed by atoms with Crippen molar-refractivity contribution in [3.8, 4) is 0 Å². The fraction of sp³-hybridized carbons (Fsp3) is 0.304. The summed E-state index contributed by atoms with van der Waals surface area (Å²) in [5.74, 6) is -2.58. The molecule has 2 aromatic rings. The molecular formula is C23H20BrN3O4S. The number of benzene rings is 2. The van der Waals surface area contributed by atoms with Gasteiger partial charge in [0.05, 0.1) is 11.6 Å². The minimum atomic E-state index is -1.57. The van der Waals surface area contributed by atoms with E-state index in [1.807, 2.05) is 18.2 Å². The molecule has 2 spiro atoms. The third kappa shape index (κ3) is 2.25. The highest BCUT2D eigenvalue weighted by Gasteiger charge is 2.76. The molecule has 2 aromatic carbocycles. The number of fused-ring (bicyclic) bond motifs is 4. The number of halogens is 1. The zero-order chi connectivity index (χ0) is 23.0. The summed E-state index contributed by atoms with van der Waals surface area (Å²) >= 11 is 9.28. The van der Waals surface area contributed by atoms with Crippen molar-refractivity contribution >= 4 is 62.3 Å². The van der Waals surface area contributed by atoms with Crippen molar-refractivity contribution in [3.05, 3.63) is 58.1 Å². The van der Waals surface area contributed by atoms with Crippen molar-refractivity contribution in [2.75, 3.05) is 30.5 Å². The van der Waals surface area contributed by atoms with Crippen LogP contribution in [0.5, 0.6) is 0 Å². The molecule has 0 aliphatic carbocycles. The number of carbonyl (C=O) groups is 3. The van der Waals surface area contributed by atoms with E-state index in [1.54, 1.807) is 45.3 Å². The molecule has 1 fully saturated rings. The SMILES string of the molecule is CCOC(=O)[C@H]1[C@]2(C(=O)N(C)c3ccc(Br)cc32)C(=S)N[C@]12C(=O)N(C)c1ccccc12. The van der Waals surface area contributed by atoms with Crippen molar-refractivity contribution in [3.63, 3.8) is 0 Å². The van der Waals surface area contributed by atoms with Gasteiger partial charge in [0.25, 0.3) is 5.91 Å². The number of amides is 2. The number of likely N-dealkylation sites (N-methyl/N-ethyl adjacent to an activating group) is 2. The molecule has 32 heavy (non-hydrogen) atoms. The van der Waals surface area contributed by atoms with Gasteiger partial charge in [0.15, 0.2) is 5.54 Å². The standard InChI is InChI=1S/C23H20BrN3O4S/c1-4-31-18(28)17-22(14-11-12(24)9-10-16(14)26(2)20(22)29)19(32)25-23(17)13-7-5-6-8-15(13)27(3)21(23)30/h5-11,17H,4H2,1-3H3,(H,25,32)/t17-,22-,23-/m0/s1. The van der Waals surface area contributed by atoms with E-state index >= 15 is 0 Å². The molecule has 1 N–H and O–H groups in total. The van der Waals surface area contributed by atoms with E-state index in [-0.39, 0.29) is 23.4 Å². The Balaban J connectivity index is 1.87. The van der Waals surface area contributed by atoms with E-state index in [0.29, 0.717) is 22.5 Å². The van der Waals surface area contributed by atoms with Crippen LogP contribution in [0.15, 0.2) is 46.9 Å². The van der Waals surface area contributed by atoms with Crippen LogP contribution < -0.4 is 15.1 Å². The van der Waals surface area contributed by atoms with Gasteiger partial charge in [-0.15, -0.1) is 0 Å².